The normalized spacial score (nSPS) is 11.3. The van der Waals surface area contributed by atoms with Gasteiger partial charge < -0.3 is 10.3 Å². The number of benzene rings is 1. The minimum atomic E-state index is 0.624. The lowest BCUT2D eigenvalue weighted by Gasteiger charge is -2.06. The molecule has 2 nitrogen and oxygen atoms in total. The fourth-order valence-corrected chi connectivity index (χ4v) is 2.63. The molecule has 0 spiro atoms. The standard InChI is InChI=1S/C17H26N2/c1-2-3-4-5-6-7-11-19-12-10-16-13-15(14-18)8-9-17(16)19/h8-10,12-13H,2-7,11,14,18H2,1H3. The van der Waals surface area contributed by atoms with Crippen molar-refractivity contribution in [2.45, 2.75) is 58.5 Å². The number of aromatic nitrogens is 1. The van der Waals surface area contributed by atoms with Crippen LogP contribution in [0, 0.1) is 0 Å². The second-order valence-corrected chi connectivity index (χ2v) is 5.37. The maximum Gasteiger partial charge on any atom is 0.0480 e. The van der Waals surface area contributed by atoms with E-state index >= 15 is 0 Å². The molecule has 2 heteroatoms. The first-order valence-electron chi connectivity index (χ1n) is 7.63. The summed E-state index contributed by atoms with van der Waals surface area (Å²) < 4.78 is 2.37. The minimum Gasteiger partial charge on any atom is -0.347 e. The molecular weight excluding hydrogens is 232 g/mol. The maximum atomic E-state index is 5.68. The van der Waals surface area contributed by atoms with E-state index in [2.05, 4.69) is 42.0 Å². The van der Waals surface area contributed by atoms with Crippen LogP contribution in [-0.2, 0) is 13.1 Å². The first-order valence-corrected chi connectivity index (χ1v) is 7.63. The Morgan fingerprint density at radius 1 is 1.00 bits per heavy atom. The molecule has 0 radical (unpaired) electrons. The van der Waals surface area contributed by atoms with Crippen LogP contribution in [0.3, 0.4) is 0 Å². The first-order chi connectivity index (χ1) is 9.35. The largest absolute Gasteiger partial charge is 0.347 e. The maximum absolute atomic E-state index is 5.68. The van der Waals surface area contributed by atoms with E-state index in [1.165, 1.54) is 55.0 Å². The Hall–Kier alpha value is -1.28. The van der Waals surface area contributed by atoms with E-state index in [-0.39, 0.29) is 0 Å². The average Bonchev–Trinajstić information content (AvgIpc) is 2.85. The zero-order chi connectivity index (χ0) is 13.5. The highest BCUT2D eigenvalue weighted by Gasteiger charge is 2.01. The molecule has 1 aromatic heterocycles. The predicted molar refractivity (Wildman–Crippen MR) is 83.2 cm³/mol. The summed E-state index contributed by atoms with van der Waals surface area (Å²) in [5.74, 6) is 0. The van der Waals surface area contributed by atoms with Crippen molar-refractivity contribution in [3.05, 3.63) is 36.0 Å². The molecule has 2 N–H and O–H groups in total. The van der Waals surface area contributed by atoms with Gasteiger partial charge in [-0.15, -0.1) is 0 Å². The number of nitrogens with zero attached hydrogens (tertiary/aromatic N) is 1. The highest BCUT2D eigenvalue weighted by atomic mass is 14.9. The summed E-state index contributed by atoms with van der Waals surface area (Å²) in [4.78, 5) is 0. The van der Waals surface area contributed by atoms with Gasteiger partial charge in [-0.05, 0) is 35.6 Å². The van der Waals surface area contributed by atoms with Gasteiger partial charge in [0.25, 0.3) is 0 Å². The summed E-state index contributed by atoms with van der Waals surface area (Å²) in [6.07, 6.45) is 10.3. The summed E-state index contributed by atoms with van der Waals surface area (Å²) in [5.41, 5.74) is 8.23. The number of fused-ring (bicyclic) bond motifs is 1. The zero-order valence-electron chi connectivity index (χ0n) is 12.1. The lowest BCUT2D eigenvalue weighted by atomic mass is 10.1. The van der Waals surface area contributed by atoms with Crippen molar-refractivity contribution >= 4 is 10.9 Å². The quantitative estimate of drug-likeness (QED) is 0.696. The second kappa shape index (κ2) is 7.34. The van der Waals surface area contributed by atoms with Crippen molar-refractivity contribution in [1.82, 2.24) is 4.57 Å². The number of nitrogens with two attached hydrogens (primary N) is 1. The Bertz CT molecular complexity index is 499. The molecule has 2 aromatic rings. The zero-order valence-corrected chi connectivity index (χ0v) is 12.1. The van der Waals surface area contributed by atoms with Crippen LogP contribution in [-0.4, -0.2) is 4.57 Å². The van der Waals surface area contributed by atoms with Gasteiger partial charge in [0.05, 0.1) is 0 Å². The third-order valence-corrected chi connectivity index (χ3v) is 3.82. The summed E-state index contributed by atoms with van der Waals surface area (Å²) in [5, 5.41) is 1.31. The molecule has 0 amide bonds. The second-order valence-electron chi connectivity index (χ2n) is 5.37. The van der Waals surface area contributed by atoms with Crippen LogP contribution in [0.2, 0.25) is 0 Å². The molecule has 0 bridgehead atoms. The Labute approximate surface area is 116 Å². The van der Waals surface area contributed by atoms with Crippen LogP contribution < -0.4 is 5.73 Å². The van der Waals surface area contributed by atoms with Gasteiger partial charge in [0.15, 0.2) is 0 Å². The van der Waals surface area contributed by atoms with Gasteiger partial charge in [-0.25, -0.2) is 0 Å². The Morgan fingerprint density at radius 2 is 1.79 bits per heavy atom. The molecule has 104 valence electrons. The van der Waals surface area contributed by atoms with E-state index in [1.807, 2.05) is 0 Å². The summed E-state index contributed by atoms with van der Waals surface area (Å²) >= 11 is 0. The molecule has 0 aliphatic rings. The molecule has 0 saturated heterocycles. The third kappa shape index (κ3) is 3.84. The van der Waals surface area contributed by atoms with Crippen molar-refractivity contribution in [2.24, 2.45) is 5.73 Å². The van der Waals surface area contributed by atoms with Crippen LogP contribution in [0.25, 0.3) is 10.9 Å². The van der Waals surface area contributed by atoms with Gasteiger partial charge in [0.2, 0.25) is 0 Å². The fraction of sp³-hybridized carbons (Fsp3) is 0.529. The highest BCUT2D eigenvalue weighted by molar-refractivity contribution is 5.80. The number of aryl methyl sites for hydroxylation is 1. The molecule has 19 heavy (non-hydrogen) atoms. The van der Waals surface area contributed by atoms with Crippen molar-refractivity contribution in [3.63, 3.8) is 0 Å². The summed E-state index contributed by atoms with van der Waals surface area (Å²) in [6.45, 7) is 4.03. The van der Waals surface area contributed by atoms with E-state index < -0.39 is 0 Å². The molecule has 2 rings (SSSR count). The molecule has 0 aliphatic carbocycles. The smallest absolute Gasteiger partial charge is 0.0480 e. The van der Waals surface area contributed by atoms with Gasteiger partial charge >= 0.3 is 0 Å². The molecule has 0 atom stereocenters. The SMILES string of the molecule is CCCCCCCCn1ccc2cc(CN)ccc21. The van der Waals surface area contributed by atoms with Crippen molar-refractivity contribution in [1.29, 1.82) is 0 Å². The van der Waals surface area contributed by atoms with Crippen LogP contribution in [0.1, 0.15) is 51.0 Å². The van der Waals surface area contributed by atoms with E-state index in [9.17, 15) is 0 Å². The topological polar surface area (TPSA) is 30.9 Å². The van der Waals surface area contributed by atoms with Crippen LogP contribution in [0.15, 0.2) is 30.5 Å². The molecular formula is C17H26N2. The molecule has 0 unspecified atom stereocenters. The van der Waals surface area contributed by atoms with E-state index in [1.54, 1.807) is 0 Å². The van der Waals surface area contributed by atoms with Crippen molar-refractivity contribution in [2.75, 3.05) is 0 Å². The number of hydrogen-bond donors (Lipinski definition) is 1. The van der Waals surface area contributed by atoms with Gasteiger partial charge in [0.1, 0.15) is 0 Å². The number of rotatable bonds is 8. The fourth-order valence-electron chi connectivity index (χ4n) is 2.63. The first kappa shape index (κ1) is 14.1. The lowest BCUT2D eigenvalue weighted by Crippen LogP contribution is -1.98. The minimum absolute atomic E-state index is 0.624. The van der Waals surface area contributed by atoms with Crippen molar-refractivity contribution in [3.8, 4) is 0 Å². The highest BCUT2D eigenvalue weighted by Crippen LogP contribution is 2.18. The van der Waals surface area contributed by atoms with Gasteiger partial charge in [0, 0.05) is 24.8 Å². The lowest BCUT2D eigenvalue weighted by molar-refractivity contribution is 0.565. The van der Waals surface area contributed by atoms with Crippen LogP contribution >= 0.6 is 0 Å². The molecule has 0 aliphatic heterocycles. The predicted octanol–water partition coefficient (Wildman–Crippen LogP) is 4.46. The molecule has 1 heterocycles. The average molecular weight is 258 g/mol. The Morgan fingerprint density at radius 3 is 2.58 bits per heavy atom. The Kier molecular flexibility index (Phi) is 5.46. The van der Waals surface area contributed by atoms with Crippen LogP contribution in [0.5, 0.6) is 0 Å². The van der Waals surface area contributed by atoms with Gasteiger partial charge in [-0.3, -0.25) is 0 Å². The summed E-state index contributed by atoms with van der Waals surface area (Å²) in [6, 6.07) is 8.74. The monoisotopic (exact) mass is 258 g/mol. The van der Waals surface area contributed by atoms with Crippen molar-refractivity contribution < 1.29 is 0 Å². The molecule has 1 aromatic carbocycles. The van der Waals surface area contributed by atoms with Gasteiger partial charge in [-0.2, -0.15) is 0 Å². The molecule has 0 fully saturated rings. The van der Waals surface area contributed by atoms with E-state index in [0.717, 1.165) is 6.54 Å². The Balaban J connectivity index is 1.87. The number of unbranched alkanes of at least 4 members (excludes halogenated alkanes) is 5. The van der Waals surface area contributed by atoms with E-state index in [0.29, 0.717) is 6.54 Å². The van der Waals surface area contributed by atoms with Crippen LogP contribution in [0.4, 0.5) is 0 Å². The third-order valence-electron chi connectivity index (χ3n) is 3.82. The molecule has 0 saturated carbocycles. The number of hydrogen-bond acceptors (Lipinski definition) is 1. The van der Waals surface area contributed by atoms with E-state index in [4.69, 9.17) is 5.73 Å². The summed E-state index contributed by atoms with van der Waals surface area (Å²) in [7, 11) is 0. The van der Waals surface area contributed by atoms with Gasteiger partial charge in [-0.1, -0.05) is 45.1 Å².